The molecule has 2 rings (SSSR count). The van der Waals surface area contributed by atoms with Gasteiger partial charge in [-0.3, -0.25) is 9.59 Å². The Labute approximate surface area is 136 Å². The van der Waals surface area contributed by atoms with Gasteiger partial charge in [0.2, 0.25) is 5.78 Å². The lowest BCUT2D eigenvalue weighted by Crippen LogP contribution is -2.14. The highest BCUT2D eigenvalue weighted by Crippen LogP contribution is 2.31. The van der Waals surface area contributed by atoms with E-state index in [-0.39, 0.29) is 17.2 Å². The van der Waals surface area contributed by atoms with E-state index in [0.29, 0.717) is 16.8 Å². The predicted octanol–water partition coefficient (Wildman–Crippen LogP) is 4.11. The van der Waals surface area contributed by atoms with Crippen LogP contribution in [0.1, 0.15) is 44.6 Å². The normalized spacial score (nSPS) is 11.4. The van der Waals surface area contributed by atoms with E-state index >= 15 is 0 Å². The summed E-state index contributed by atoms with van der Waals surface area (Å²) >= 11 is 0. The Bertz CT molecular complexity index is 791. The van der Waals surface area contributed by atoms with Crippen molar-refractivity contribution >= 4 is 11.6 Å². The number of carbonyl (C=O) groups is 2. The number of Topliss-reactive ketones (excluding diaryl/α,β-unsaturated/α-hetero) is 2. The molecule has 0 radical (unpaired) electrons. The molecule has 0 saturated heterocycles. The number of halogens is 3. The van der Waals surface area contributed by atoms with Gasteiger partial charge in [0.1, 0.15) is 5.75 Å². The second-order valence-electron chi connectivity index (χ2n) is 5.42. The summed E-state index contributed by atoms with van der Waals surface area (Å²) in [5.74, 6) is -0.662. The Kier molecular flexibility index (Phi) is 4.82. The van der Waals surface area contributed by atoms with Crippen LogP contribution in [0.15, 0.2) is 24.3 Å². The molecular weight excluding hydrogens is 323 g/mol. The first-order chi connectivity index (χ1) is 11.1. The van der Waals surface area contributed by atoms with Crippen molar-refractivity contribution in [1.82, 2.24) is 4.98 Å². The highest BCUT2D eigenvalue weighted by Gasteiger charge is 2.30. The van der Waals surface area contributed by atoms with E-state index in [9.17, 15) is 22.8 Å². The quantitative estimate of drug-likeness (QED) is 0.834. The predicted molar refractivity (Wildman–Crippen MR) is 81.5 cm³/mol. The Balaban J connectivity index is 2.15. The fraction of sp³-hybridized carbons (Fsp3) is 0.294. The molecule has 1 aromatic heterocycles. The monoisotopic (exact) mass is 339 g/mol. The van der Waals surface area contributed by atoms with E-state index < -0.39 is 24.1 Å². The number of ketones is 2. The van der Waals surface area contributed by atoms with Crippen molar-refractivity contribution in [2.24, 2.45) is 0 Å². The molecular formula is C17H16F3NO3. The summed E-state index contributed by atoms with van der Waals surface area (Å²) in [7, 11) is 0. The van der Waals surface area contributed by atoms with Crippen LogP contribution in [-0.4, -0.2) is 23.2 Å². The first-order valence-electron chi connectivity index (χ1n) is 7.14. The molecule has 24 heavy (non-hydrogen) atoms. The Morgan fingerprint density at radius 3 is 2.42 bits per heavy atom. The van der Waals surface area contributed by atoms with Crippen molar-refractivity contribution in [3.63, 3.8) is 0 Å². The average molecular weight is 339 g/mol. The number of ether oxygens (including phenoxy) is 1. The Hall–Kier alpha value is -2.57. The van der Waals surface area contributed by atoms with Crippen molar-refractivity contribution in [2.75, 3.05) is 6.61 Å². The number of hydrogen-bond acceptors (Lipinski definition) is 3. The zero-order chi connectivity index (χ0) is 18.1. The second-order valence-corrected chi connectivity index (χ2v) is 5.42. The van der Waals surface area contributed by atoms with Gasteiger partial charge in [-0.2, -0.15) is 13.2 Å². The molecule has 1 heterocycles. The van der Waals surface area contributed by atoms with Crippen molar-refractivity contribution in [3.05, 3.63) is 52.3 Å². The molecule has 0 aliphatic heterocycles. The third kappa shape index (κ3) is 3.67. The number of carbonyl (C=O) groups excluding carboxylic acids is 2. The summed E-state index contributed by atoms with van der Waals surface area (Å²) in [6, 6.07) is 4.31. The summed E-state index contributed by atoms with van der Waals surface area (Å²) in [5.41, 5.74) is 0.903. The van der Waals surface area contributed by atoms with Crippen molar-refractivity contribution in [1.29, 1.82) is 0 Å². The molecule has 0 saturated carbocycles. The van der Waals surface area contributed by atoms with Crippen molar-refractivity contribution < 1.29 is 27.5 Å². The summed E-state index contributed by atoms with van der Waals surface area (Å²) in [6.07, 6.45) is -4.48. The van der Waals surface area contributed by atoms with Crippen LogP contribution >= 0.6 is 0 Å². The number of nitrogens with one attached hydrogen (secondary N) is 1. The highest BCUT2D eigenvalue weighted by atomic mass is 19.4. The lowest BCUT2D eigenvalue weighted by Gasteiger charge is -2.09. The van der Waals surface area contributed by atoms with Gasteiger partial charge in [-0.25, -0.2) is 0 Å². The van der Waals surface area contributed by atoms with E-state index in [1.807, 2.05) is 0 Å². The third-order valence-corrected chi connectivity index (χ3v) is 3.60. The molecule has 0 fully saturated rings. The molecule has 128 valence electrons. The van der Waals surface area contributed by atoms with E-state index in [1.54, 1.807) is 13.8 Å². The first-order valence-corrected chi connectivity index (χ1v) is 7.14. The first kappa shape index (κ1) is 17.8. The minimum atomic E-state index is -4.48. The fourth-order valence-corrected chi connectivity index (χ4v) is 2.54. The number of benzene rings is 1. The van der Waals surface area contributed by atoms with Crippen LogP contribution in [0, 0.1) is 13.8 Å². The van der Waals surface area contributed by atoms with Gasteiger partial charge in [-0.15, -0.1) is 0 Å². The van der Waals surface area contributed by atoms with Crippen LogP contribution in [0.5, 0.6) is 5.75 Å². The number of aryl methyl sites for hydroxylation is 1. The molecule has 0 atom stereocenters. The molecule has 0 unspecified atom stereocenters. The van der Waals surface area contributed by atoms with Crippen LogP contribution < -0.4 is 4.74 Å². The van der Waals surface area contributed by atoms with Crippen LogP contribution in [0.25, 0.3) is 0 Å². The molecule has 7 heteroatoms. The van der Waals surface area contributed by atoms with Crippen molar-refractivity contribution in [3.8, 4) is 5.75 Å². The summed E-state index contributed by atoms with van der Waals surface area (Å²) in [6.45, 7) is 4.28. The number of aromatic nitrogens is 1. The van der Waals surface area contributed by atoms with Gasteiger partial charge in [0, 0.05) is 11.3 Å². The summed E-state index contributed by atoms with van der Waals surface area (Å²) < 4.78 is 43.1. The molecule has 1 aromatic carbocycles. The number of rotatable bonds is 5. The summed E-state index contributed by atoms with van der Waals surface area (Å²) in [5, 5.41) is 0. The molecule has 1 N–H and O–H groups in total. The largest absolute Gasteiger partial charge is 0.485 e. The second kappa shape index (κ2) is 6.51. The van der Waals surface area contributed by atoms with Gasteiger partial charge >= 0.3 is 6.18 Å². The van der Waals surface area contributed by atoms with E-state index in [2.05, 4.69) is 4.98 Å². The Morgan fingerprint density at radius 1 is 1.21 bits per heavy atom. The Morgan fingerprint density at radius 2 is 1.88 bits per heavy atom. The maximum atomic E-state index is 12.6. The maximum Gasteiger partial charge on any atom is 0.416 e. The lowest BCUT2D eigenvalue weighted by atomic mass is 10.1. The minimum Gasteiger partial charge on any atom is -0.485 e. The lowest BCUT2D eigenvalue weighted by molar-refractivity contribution is -0.137. The zero-order valence-corrected chi connectivity index (χ0v) is 13.4. The van der Waals surface area contributed by atoms with Crippen molar-refractivity contribution in [2.45, 2.75) is 26.9 Å². The standard InChI is InChI=1S/C17H16F3NO3/c1-9-15(11(3)22)10(2)21-16(9)14(23)8-24-13-6-4-5-12(7-13)17(18,19)20/h4-7,21H,8H2,1-3H3. The van der Waals surface area contributed by atoms with Crippen LogP contribution in [0.2, 0.25) is 0 Å². The fourth-order valence-electron chi connectivity index (χ4n) is 2.54. The average Bonchev–Trinajstić information content (AvgIpc) is 2.79. The number of aromatic amines is 1. The smallest absolute Gasteiger partial charge is 0.416 e. The molecule has 2 aromatic rings. The van der Waals surface area contributed by atoms with Gasteiger partial charge in [-0.05, 0) is 44.5 Å². The van der Waals surface area contributed by atoms with Crippen LogP contribution in [0.4, 0.5) is 13.2 Å². The van der Waals surface area contributed by atoms with Gasteiger partial charge < -0.3 is 9.72 Å². The minimum absolute atomic E-state index is 0.0501. The van der Waals surface area contributed by atoms with Crippen LogP contribution in [0.3, 0.4) is 0 Å². The van der Waals surface area contributed by atoms with Gasteiger partial charge in [0.25, 0.3) is 0 Å². The molecule has 0 spiro atoms. The zero-order valence-electron chi connectivity index (χ0n) is 13.4. The molecule has 0 aliphatic carbocycles. The van der Waals surface area contributed by atoms with Gasteiger partial charge in [0.15, 0.2) is 12.4 Å². The third-order valence-electron chi connectivity index (χ3n) is 3.60. The van der Waals surface area contributed by atoms with E-state index in [0.717, 1.165) is 12.1 Å². The highest BCUT2D eigenvalue weighted by molar-refractivity contribution is 6.03. The van der Waals surface area contributed by atoms with Crippen LogP contribution in [-0.2, 0) is 6.18 Å². The van der Waals surface area contributed by atoms with E-state index in [1.165, 1.54) is 19.1 Å². The molecule has 0 aliphatic rings. The number of hydrogen-bond donors (Lipinski definition) is 1. The van der Waals surface area contributed by atoms with E-state index in [4.69, 9.17) is 4.74 Å². The topological polar surface area (TPSA) is 59.2 Å². The molecule has 0 bridgehead atoms. The summed E-state index contributed by atoms with van der Waals surface area (Å²) in [4.78, 5) is 26.6. The van der Waals surface area contributed by atoms with Gasteiger partial charge in [-0.1, -0.05) is 6.07 Å². The molecule has 4 nitrogen and oxygen atoms in total. The SMILES string of the molecule is CC(=O)c1c(C)[nH]c(C(=O)COc2cccc(C(F)(F)F)c2)c1C. The van der Waals surface area contributed by atoms with Gasteiger partial charge in [0.05, 0.1) is 11.3 Å². The number of H-pyrrole nitrogens is 1. The molecule has 0 amide bonds. The maximum absolute atomic E-state index is 12.6. The number of alkyl halides is 3.